The molecule has 1 aliphatic heterocycles. The lowest BCUT2D eigenvalue weighted by Gasteiger charge is -2.38. The predicted molar refractivity (Wildman–Crippen MR) is 88.5 cm³/mol. The van der Waals surface area contributed by atoms with Gasteiger partial charge in [0.1, 0.15) is 0 Å². The molecule has 3 fully saturated rings. The second kappa shape index (κ2) is 6.85. The molecule has 5 heteroatoms. The third-order valence-corrected chi connectivity index (χ3v) is 6.33. The third kappa shape index (κ3) is 3.17. The summed E-state index contributed by atoms with van der Waals surface area (Å²) in [6, 6.07) is 0.514. The van der Waals surface area contributed by atoms with Crippen molar-refractivity contribution in [1.29, 1.82) is 0 Å². The highest BCUT2D eigenvalue weighted by molar-refractivity contribution is 5.80. The van der Waals surface area contributed by atoms with Crippen LogP contribution < -0.4 is 11.1 Å². The number of amides is 1. The summed E-state index contributed by atoms with van der Waals surface area (Å²) < 4.78 is 0. The molecule has 0 aromatic rings. The van der Waals surface area contributed by atoms with Gasteiger partial charge in [-0.2, -0.15) is 0 Å². The number of nitrogens with two attached hydrogens (primary N) is 1. The Morgan fingerprint density at radius 1 is 1.23 bits per heavy atom. The van der Waals surface area contributed by atoms with Crippen LogP contribution in [-0.4, -0.2) is 67.1 Å². The average Bonchev–Trinajstić information content (AvgIpc) is 3.13. The van der Waals surface area contributed by atoms with Crippen LogP contribution in [0.15, 0.2) is 0 Å². The Kier molecular flexibility index (Phi) is 5.05. The van der Waals surface area contributed by atoms with E-state index in [9.17, 15) is 4.79 Å². The molecule has 5 nitrogen and oxygen atoms in total. The second-order valence-corrected chi connectivity index (χ2v) is 7.50. The molecule has 1 saturated heterocycles. The number of carbonyl (C=O) groups is 1. The first kappa shape index (κ1) is 16.2. The number of fused-ring (bicyclic) bond motifs is 2. The Morgan fingerprint density at radius 3 is 2.50 bits per heavy atom. The Balaban J connectivity index is 1.43. The lowest BCUT2D eigenvalue weighted by molar-refractivity contribution is -0.127. The molecule has 3 rings (SSSR count). The second-order valence-electron chi connectivity index (χ2n) is 7.50. The third-order valence-electron chi connectivity index (χ3n) is 6.33. The van der Waals surface area contributed by atoms with Gasteiger partial charge in [-0.1, -0.05) is 6.92 Å². The van der Waals surface area contributed by atoms with Crippen molar-refractivity contribution < 1.29 is 4.79 Å². The molecular weight excluding hydrogens is 276 g/mol. The molecule has 1 heterocycles. The van der Waals surface area contributed by atoms with Gasteiger partial charge in [-0.25, -0.2) is 0 Å². The fraction of sp³-hybridized carbons (Fsp3) is 0.941. The molecule has 5 atom stereocenters. The molecule has 5 unspecified atom stereocenters. The minimum Gasteiger partial charge on any atom is -0.354 e. The fourth-order valence-electron chi connectivity index (χ4n) is 4.74. The molecule has 2 aliphatic carbocycles. The molecule has 0 radical (unpaired) electrons. The first-order valence-electron chi connectivity index (χ1n) is 9.09. The summed E-state index contributed by atoms with van der Waals surface area (Å²) in [5.74, 6) is 1.42. The number of piperazine rings is 1. The molecule has 1 amide bonds. The quantitative estimate of drug-likeness (QED) is 0.776. The zero-order valence-electron chi connectivity index (χ0n) is 14.1. The maximum atomic E-state index is 12.5. The van der Waals surface area contributed by atoms with Crippen LogP contribution in [0.2, 0.25) is 0 Å². The van der Waals surface area contributed by atoms with E-state index in [1.54, 1.807) is 0 Å². The van der Waals surface area contributed by atoms with E-state index in [2.05, 4.69) is 29.0 Å². The van der Waals surface area contributed by atoms with Crippen molar-refractivity contribution >= 4 is 5.91 Å². The summed E-state index contributed by atoms with van der Waals surface area (Å²) in [7, 11) is 0. The van der Waals surface area contributed by atoms with E-state index >= 15 is 0 Å². The summed E-state index contributed by atoms with van der Waals surface area (Å²) >= 11 is 0. The smallest absolute Gasteiger partial charge is 0.225 e. The number of hydrogen-bond acceptors (Lipinski definition) is 4. The van der Waals surface area contributed by atoms with E-state index in [0.29, 0.717) is 17.9 Å². The lowest BCUT2D eigenvalue weighted by Crippen LogP contribution is -2.53. The van der Waals surface area contributed by atoms with Gasteiger partial charge < -0.3 is 16.0 Å². The van der Waals surface area contributed by atoms with Crippen LogP contribution in [0, 0.1) is 17.8 Å². The highest BCUT2D eigenvalue weighted by Gasteiger charge is 2.49. The lowest BCUT2D eigenvalue weighted by atomic mass is 9.84. The topological polar surface area (TPSA) is 61.6 Å². The van der Waals surface area contributed by atoms with Gasteiger partial charge in [0.05, 0.1) is 5.92 Å². The molecule has 2 saturated carbocycles. The summed E-state index contributed by atoms with van der Waals surface area (Å²) in [5, 5.41) is 3.19. The summed E-state index contributed by atoms with van der Waals surface area (Å²) in [5.41, 5.74) is 6.27. The van der Waals surface area contributed by atoms with Crippen molar-refractivity contribution in [2.45, 2.75) is 45.2 Å². The zero-order valence-corrected chi connectivity index (χ0v) is 14.1. The highest BCUT2D eigenvalue weighted by Crippen LogP contribution is 2.47. The van der Waals surface area contributed by atoms with Crippen molar-refractivity contribution in [2.24, 2.45) is 23.5 Å². The van der Waals surface area contributed by atoms with Crippen LogP contribution >= 0.6 is 0 Å². The van der Waals surface area contributed by atoms with Crippen molar-refractivity contribution in [3.63, 3.8) is 0 Å². The largest absolute Gasteiger partial charge is 0.354 e. The number of likely N-dealkylation sites (N-methyl/N-ethyl adjacent to an activating group) is 1. The minimum absolute atomic E-state index is 0.0721. The van der Waals surface area contributed by atoms with Crippen LogP contribution in [0.3, 0.4) is 0 Å². The molecule has 126 valence electrons. The van der Waals surface area contributed by atoms with Gasteiger partial charge in [0.15, 0.2) is 0 Å². The van der Waals surface area contributed by atoms with E-state index in [-0.39, 0.29) is 17.9 Å². The van der Waals surface area contributed by atoms with Gasteiger partial charge in [0.2, 0.25) is 5.91 Å². The van der Waals surface area contributed by atoms with Gasteiger partial charge in [-0.05, 0) is 44.6 Å². The molecule has 0 spiro atoms. The molecule has 0 aromatic heterocycles. The normalized spacial score (nSPS) is 37.4. The average molecular weight is 308 g/mol. The number of nitrogens with one attached hydrogen (secondary N) is 1. The maximum absolute atomic E-state index is 12.5. The van der Waals surface area contributed by atoms with E-state index in [4.69, 9.17) is 5.73 Å². The van der Waals surface area contributed by atoms with Gasteiger partial charge in [0, 0.05) is 44.8 Å². The van der Waals surface area contributed by atoms with E-state index in [1.807, 2.05) is 0 Å². The van der Waals surface area contributed by atoms with Crippen LogP contribution in [0.5, 0.6) is 0 Å². The molecule has 3 N–H and O–H groups in total. The van der Waals surface area contributed by atoms with Crippen molar-refractivity contribution in [3.05, 3.63) is 0 Å². The van der Waals surface area contributed by atoms with Crippen molar-refractivity contribution in [2.75, 3.05) is 39.3 Å². The van der Waals surface area contributed by atoms with Crippen LogP contribution in [0.4, 0.5) is 0 Å². The summed E-state index contributed by atoms with van der Waals surface area (Å²) in [4.78, 5) is 17.5. The van der Waals surface area contributed by atoms with Crippen LogP contribution in [0.25, 0.3) is 0 Å². The van der Waals surface area contributed by atoms with E-state index in [1.165, 1.54) is 19.3 Å². The minimum atomic E-state index is 0.0721. The summed E-state index contributed by atoms with van der Waals surface area (Å²) in [6.45, 7) is 10.8. The SMILES string of the molecule is CCN1CCN(C(C)CNC(=O)C2C3CCC(C3)C2N)CC1. The molecule has 2 bridgehead atoms. The first-order chi connectivity index (χ1) is 10.6. The Hall–Kier alpha value is -0.650. The summed E-state index contributed by atoms with van der Waals surface area (Å²) in [6.07, 6.45) is 3.60. The van der Waals surface area contributed by atoms with Crippen LogP contribution in [0.1, 0.15) is 33.1 Å². The Labute approximate surface area is 134 Å². The molecule has 22 heavy (non-hydrogen) atoms. The Bertz CT molecular complexity index is 392. The molecule has 3 aliphatic rings. The standard InChI is InChI=1S/C17H32N4O/c1-3-20-6-8-21(9-7-20)12(2)11-19-17(22)15-13-4-5-14(10-13)16(15)18/h12-16H,3-11,18H2,1-2H3,(H,19,22). The van der Waals surface area contributed by atoms with Crippen molar-refractivity contribution in [3.8, 4) is 0 Å². The zero-order chi connectivity index (χ0) is 15.7. The molecule has 0 aromatic carbocycles. The Morgan fingerprint density at radius 2 is 1.91 bits per heavy atom. The predicted octanol–water partition coefficient (Wildman–Crippen LogP) is 0.502. The van der Waals surface area contributed by atoms with Gasteiger partial charge in [0.25, 0.3) is 0 Å². The van der Waals surface area contributed by atoms with Crippen molar-refractivity contribution in [1.82, 2.24) is 15.1 Å². The van der Waals surface area contributed by atoms with Gasteiger partial charge >= 0.3 is 0 Å². The van der Waals surface area contributed by atoms with Gasteiger partial charge in [-0.15, -0.1) is 0 Å². The fourth-order valence-corrected chi connectivity index (χ4v) is 4.74. The monoisotopic (exact) mass is 308 g/mol. The maximum Gasteiger partial charge on any atom is 0.225 e. The molecular formula is C17H32N4O. The van der Waals surface area contributed by atoms with E-state index < -0.39 is 0 Å². The number of rotatable bonds is 5. The number of carbonyl (C=O) groups excluding carboxylic acids is 1. The van der Waals surface area contributed by atoms with E-state index in [0.717, 1.165) is 39.3 Å². The number of hydrogen-bond donors (Lipinski definition) is 2. The highest BCUT2D eigenvalue weighted by atomic mass is 16.2. The first-order valence-corrected chi connectivity index (χ1v) is 9.09. The van der Waals surface area contributed by atoms with Gasteiger partial charge in [-0.3, -0.25) is 9.69 Å². The van der Waals surface area contributed by atoms with Crippen LogP contribution in [-0.2, 0) is 4.79 Å². The number of nitrogens with zero attached hydrogens (tertiary/aromatic N) is 2.